The zero-order valence-electron chi connectivity index (χ0n) is 15.1. The summed E-state index contributed by atoms with van der Waals surface area (Å²) in [5, 5.41) is 4.24. The molecule has 2 aromatic carbocycles. The normalized spacial score (nSPS) is 11.9. The van der Waals surface area contributed by atoms with Crippen molar-refractivity contribution in [3.8, 4) is 5.75 Å². The van der Waals surface area contributed by atoms with Crippen LogP contribution in [-0.4, -0.2) is 24.3 Å². The third kappa shape index (κ3) is 6.11. The predicted octanol–water partition coefficient (Wildman–Crippen LogP) is 5.43. The van der Waals surface area contributed by atoms with E-state index in [9.17, 15) is 4.79 Å². The first kappa shape index (κ1) is 20.9. The first-order valence-electron chi connectivity index (χ1n) is 8.40. The van der Waals surface area contributed by atoms with Crippen molar-refractivity contribution in [1.82, 2.24) is 5.32 Å². The van der Waals surface area contributed by atoms with E-state index >= 15 is 0 Å². The Bertz CT molecular complexity index is 747. The summed E-state index contributed by atoms with van der Waals surface area (Å²) in [5.41, 5.74) is 3.05. The summed E-state index contributed by atoms with van der Waals surface area (Å²) in [6, 6.07) is 11.5. The van der Waals surface area contributed by atoms with Gasteiger partial charge in [0.15, 0.2) is 6.10 Å². The molecule has 140 valence electrons. The Kier molecular flexibility index (Phi) is 8.14. The number of nitrogens with one attached hydrogen (secondary N) is 1. The summed E-state index contributed by atoms with van der Waals surface area (Å²) >= 11 is 14.0. The van der Waals surface area contributed by atoms with Gasteiger partial charge in [0.05, 0.1) is 0 Å². The lowest BCUT2D eigenvalue weighted by Crippen LogP contribution is -2.37. The van der Waals surface area contributed by atoms with Gasteiger partial charge in [-0.05, 0) is 55.7 Å². The smallest absolute Gasteiger partial charge is 0.260 e. The molecular formula is C20H23Cl2NO2S. The molecule has 1 N–H and O–H groups in total. The van der Waals surface area contributed by atoms with Crippen LogP contribution in [0, 0.1) is 13.8 Å². The van der Waals surface area contributed by atoms with E-state index in [4.69, 9.17) is 27.9 Å². The van der Waals surface area contributed by atoms with Crippen molar-refractivity contribution < 1.29 is 9.53 Å². The summed E-state index contributed by atoms with van der Waals surface area (Å²) in [6.07, 6.45) is -0.543. The largest absolute Gasteiger partial charge is 0.481 e. The van der Waals surface area contributed by atoms with Crippen molar-refractivity contribution >= 4 is 40.9 Å². The average Bonchev–Trinajstić information content (AvgIpc) is 2.59. The Hall–Kier alpha value is -1.36. The number of hydrogen-bond donors (Lipinski definition) is 1. The Morgan fingerprint density at radius 3 is 2.58 bits per heavy atom. The summed E-state index contributed by atoms with van der Waals surface area (Å²) in [6.45, 7) is 6.29. The van der Waals surface area contributed by atoms with Crippen molar-refractivity contribution in [2.24, 2.45) is 0 Å². The number of aryl methyl sites for hydroxylation is 2. The number of halogens is 2. The Balaban J connectivity index is 1.73. The van der Waals surface area contributed by atoms with Crippen LogP contribution < -0.4 is 10.1 Å². The number of benzene rings is 2. The quantitative estimate of drug-likeness (QED) is 0.588. The molecule has 0 aliphatic carbocycles. The van der Waals surface area contributed by atoms with Crippen LogP contribution in [0.3, 0.4) is 0 Å². The van der Waals surface area contributed by atoms with Gasteiger partial charge in [0.2, 0.25) is 0 Å². The molecule has 1 atom stereocenters. The molecule has 2 aromatic rings. The van der Waals surface area contributed by atoms with E-state index in [1.165, 1.54) is 0 Å². The van der Waals surface area contributed by atoms with Gasteiger partial charge in [0, 0.05) is 28.1 Å². The number of rotatable bonds is 8. The van der Waals surface area contributed by atoms with Gasteiger partial charge < -0.3 is 10.1 Å². The van der Waals surface area contributed by atoms with E-state index in [-0.39, 0.29) is 5.91 Å². The lowest BCUT2D eigenvalue weighted by molar-refractivity contribution is -0.127. The highest BCUT2D eigenvalue weighted by molar-refractivity contribution is 7.98. The van der Waals surface area contributed by atoms with Crippen LogP contribution in [0.5, 0.6) is 5.75 Å². The summed E-state index contributed by atoms with van der Waals surface area (Å²) in [5.74, 6) is 2.10. The molecule has 0 saturated heterocycles. The van der Waals surface area contributed by atoms with Gasteiger partial charge in [-0.2, -0.15) is 11.8 Å². The monoisotopic (exact) mass is 411 g/mol. The molecule has 0 spiro atoms. The predicted molar refractivity (Wildman–Crippen MR) is 112 cm³/mol. The average molecular weight is 412 g/mol. The minimum atomic E-state index is -0.543. The highest BCUT2D eigenvalue weighted by atomic mass is 35.5. The number of thioether (sulfide) groups is 1. The highest BCUT2D eigenvalue weighted by Crippen LogP contribution is 2.28. The van der Waals surface area contributed by atoms with Gasteiger partial charge in [-0.15, -0.1) is 0 Å². The van der Waals surface area contributed by atoms with E-state index < -0.39 is 6.10 Å². The second-order valence-corrected chi connectivity index (χ2v) is 7.99. The number of ether oxygens (including phenoxy) is 1. The van der Waals surface area contributed by atoms with E-state index in [0.717, 1.165) is 28.2 Å². The minimum absolute atomic E-state index is 0.123. The summed E-state index contributed by atoms with van der Waals surface area (Å²) < 4.78 is 5.79. The number of amides is 1. The second kappa shape index (κ2) is 10.1. The minimum Gasteiger partial charge on any atom is -0.481 e. The summed E-state index contributed by atoms with van der Waals surface area (Å²) in [7, 11) is 0. The molecule has 0 bridgehead atoms. The van der Waals surface area contributed by atoms with E-state index in [0.29, 0.717) is 22.3 Å². The first-order chi connectivity index (χ1) is 12.4. The molecule has 0 unspecified atom stereocenters. The molecule has 0 saturated carbocycles. The molecule has 0 aliphatic heterocycles. The molecule has 26 heavy (non-hydrogen) atoms. The van der Waals surface area contributed by atoms with E-state index in [2.05, 4.69) is 5.32 Å². The van der Waals surface area contributed by atoms with Crippen LogP contribution in [0.4, 0.5) is 0 Å². The van der Waals surface area contributed by atoms with E-state index in [1.807, 2.05) is 50.2 Å². The molecule has 3 nitrogen and oxygen atoms in total. The SMILES string of the molecule is Cc1ccc(C)c(O[C@@H](C)C(=O)NCCSCc2c(Cl)cccc2Cl)c1. The van der Waals surface area contributed by atoms with Crippen molar-refractivity contribution in [3.05, 3.63) is 63.1 Å². The highest BCUT2D eigenvalue weighted by Gasteiger charge is 2.15. The fraction of sp³-hybridized carbons (Fsp3) is 0.350. The van der Waals surface area contributed by atoms with Crippen LogP contribution in [0.1, 0.15) is 23.6 Å². The molecule has 2 rings (SSSR count). The zero-order valence-corrected chi connectivity index (χ0v) is 17.5. The van der Waals surface area contributed by atoms with Gasteiger partial charge in [0.1, 0.15) is 5.75 Å². The third-order valence-electron chi connectivity index (χ3n) is 3.87. The second-order valence-electron chi connectivity index (χ2n) is 6.07. The Morgan fingerprint density at radius 2 is 1.88 bits per heavy atom. The fourth-order valence-corrected chi connectivity index (χ4v) is 3.91. The zero-order chi connectivity index (χ0) is 19.1. The first-order valence-corrected chi connectivity index (χ1v) is 10.3. The topological polar surface area (TPSA) is 38.3 Å². The van der Waals surface area contributed by atoms with E-state index in [1.54, 1.807) is 18.7 Å². The van der Waals surface area contributed by atoms with Crippen LogP contribution in [0.15, 0.2) is 36.4 Å². The maximum atomic E-state index is 12.2. The van der Waals surface area contributed by atoms with Crippen LogP contribution in [0.2, 0.25) is 10.0 Å². The lowest BCUT2D eigenvalue weighted by Gasteiger charge is -2.16. The van der Waals surface area contributed by atoms with Crippen molar-refractivity contribution in [3.63, 3.8) is 0 Å². The molecule has 0 heterocycles. The van der Waals surface area contributed by atoms with Crippen LogP contribution >= 0.6 is 35.0 Å². The Morgan fingerprint density at radius 1 is 1.19 bits per heavy atom. The third-order valence-corrected chi connectivity index (χ3v) is 5.56. The number of hydrogen-bond acceptors (Lipinski definition) is 3. The van der Waals surface area contributed by atoms with Gasteiger partial charge >= 0.3 is 0 Å². The van der Waals surface area contributed by atoms with Gasteiger partial charge in [0.25, 0.3) is 5.91 Å². The number of carbonyl (C=O) groups is 1. The fourth-order valence-electron chi connectivity index (χ4n) is 2.31. The molecule has 6 heteroatoms. The lowest BCUT2D eigenvalue weighted by atomic mass is 10.1. The van der Waals surface area contributed by atoms with Gasteiger partial charge in [-0.25, -0.2) is 0 Å². The molecule has 0 aliphatic rings. The molecule has 1 amide bonds. The number of carbonyl (C=O) groups excluding carboxylic acids is 1. The molecule has 0 radical (unpaired) electrons. The Labute approximate surface area is 169 Å². The molecular weight excluding hydrogens is 389 g/mol. The van der Waals surface area contributed by atoms with Crippen LogP contribution in [-0.2, 0) is 10.5 Å². The van der Waals surface area contributed by atoms with Gasteiger partial charge in [-0.3, -0.25) is 4.79 Å². The maximum Gasteiger partial charge on any atom is 0.260 e. The van der Waals surface area contributed by atoms with Crippen molar-refractivity contribution in [2.75, 3.05) is 12.3 Å². The molecule has 0 fully saturated rings. The molecule has 0 aromatic heterocycles. The maximum absolute atomic E-state index is 12.2. The van der Waals surface area contributed by atoms with Gasteiger partial charge in [-0.1, -0.05) is 41.4 Å². The standard InChI is InChI=1S/C20H23Cl2NO2S/c1-13-7-8-14(2)19(11-13)25-15(3)20(24)23-9-10-26-12-16-17(21)5-4-6-18(16)22/h4-8,11,15H,9-10,12H2,1-3H3,(H,23,24)/t15-/m0/s1. The van der Waals surface area contributed by atoms with Crippen molar-refractivity contribution in [2.45, 2.75) is 32.6 Å². The van der Waals surface area contributed by atoms with Crippen molar-refractivity contribution in [1.29, 1.82) is 0 Å². The summed E-state index contributed by atoms with van der Waals surface area (Å²) in [4.78, 5) is 12.2. The van der Waals surface area contributed by atoms with Crippen LogP contribution in [0.25, 0.3) is 0 Å².